The van der Waals surface area contributed by atoms with Crippen LogP contribution in [0.1, 0.15) is 32.6 Å². The summed E-state index contributed by atoms with van der Waals surface area (Å²) in [7, 11) is 0. The monoisotopic (exact) mass is 297 g/mol. The highest BCUT2D eigenvalue weighted by Crippen LogP contribution is 2.26. The molecule has 0 aliphatic rings. The number of amides is 2. The Morgan fingerprint density at radius 3 is 2.45 bits per heavy atom. The van der Waals surface area contributed by atoms with Crippen molar-refractivity contribution in [1.82, 2.24) is 0 Å². The van der Waals surface area contributed by atoms with Crippen molar-refractivity contribution in [2.75, 3.05) is 17.2 Å². The lowest BCUT2D eigenvalue weighted by molar-refractivity contribution is -0.117. The van der Waals surface area contributed by atoms with Crippen molar-refractivity contribution in [2.45, 2.75) is 32.6 Å². The van der Waals surface area contributed by atoms with E-state index in [1.54, 1.807) is 18.2 Å². The molecule has 0 aliphatic heterocycles. The summed E-state index contributed by atoms with van der Waals surface area (Å²) in [4.78, 5) is 23.3. The minimum Gasteiger partial charge on any atom is -0.330 e. The van der Waals surface area contributed by atoms with Crippen molar-refractivity contribution in [1.29, 1.82) is 0 Å². The van der Waals surface area contributed by atoms with Crippen molar-refractivity contribution in [2.24, 2.45) is 5.73 Å². The first-order valence-electron chi connectivity index (χ1n) is 6.66. The Kier molecular flexibility index (Phi) is 7.04. The fourth-order valence-corrected chi connectivity index (χ4v) is 1.79. The average Bonchev–Trinajstić information content (AvgIpc) is 2.40. The molecule has 1 rings (SSSR count). The Bertz CT molecular complexity index is 477. The molecule has 2 amide bonds. The van der Waals surface area contributed by atoms with Gasteiger partial charge in [0.1, 0.15) is 0 Å². The van der Waals surface area contributed by atoms with Crippen LogP contribution < -0.4 is 16.4 Å². The molecule has 0 unspecified atom stereocenters. The Hall–Kier alpha value is -1.59. The molecule has 20 heavy (non-hydrogen) atoms. The molecule has 1 aromatic rings. The number of unbranched alkanes of at least 4 members (excludes halogenated alkanes) is 1. The van der Waals surface area contributed by atoms with E-state index in [1.165, 1.54) is 0 Å². The first-order chi connectivity index (χ1) is 9.56. The second-order valence-corrected chi connectivity index (χ2v) is 4.86. The maximum atomic E-state index is 11.7. The second-order valence-electron chi connectivity index (χ2n) is 4.43. The molecular formula is C14H20ClN3O2. The molecule has 0 heterocycles. The van der Waals surface area contributed by atoms with E-state index in [1.807, 2.05) is 6.92 Å². The Balaban J connectivity index is 2.79. The zero-order chi connectivity index (χ0) is 15.0. The van der Waals surface area contributed by atoms with Crippen molar-refractivity contribution in [3.8, 4) is 0 Å². The van der Waals surface area contributed by atoms with Gasteiger partial charge in [-0.25, -0.2) is 0 Å². The Labute approximate surface area is 123 Å². The Morgan fingerprint density at radius 2 is 1.80 bits per heavy atom. The van der Waals surface area contributed by atoms with Crippen molar-refractivity contribution in [3.05, 3.63) is 23.2 Å². The predicted octanol–water partition coefficient (Wildman–Crippen LogP) is 2.76. The van der Waals surface area contributed by atoms with Gasteiger partial charge in [-0.1, -0.05) is 24.9 Å². The van der Waals surface area contributed by atoms with Gasteiger partial charge in [-0.2, -0.15) is 0 Å². The van der Waals surface area contributed by atoms with Crippen molar-refractivity contribution >= 4 is 34.8 Å². The highest BCUT2D eigenvalue weighted by Gasteiger charge is 2.10. The van der Waals surface area contributed by atoms with Crippen molar-refractivity contribution in [3.63, 3.8) is 0 Å². The molecule has 0 bridgehead atoms. The number of hydrogen-bond donors (Lipinski definition) is 3. The highest BCUT2D eigenvalue weighted by atomic mass is 35.5. The zero-order valence-electron chi connectivity index (χ0n) is 11.5. The van der Waals surface area contributed by atoms with Crippen LogP contribution in [0.15, 0.2) is 18.2 Å². The largest absolute Gasteiger partial charge is 0.330 e. The summed E-state index contributed by atoms with van der Waals surface area (Å²) >= 11 is 5.91. The van der Waals surface area contributed by atoms with Gasteiger partial charge in [0.2, 0.25) is 11.8 Å². The fourth-order valence-electron chi connectivity index (χ4n) is 1.62. The number of anilines is 2. The summed E-state index contributed by atoms with van der Waals surface area (Å²) in [6.45, 7) is 2.29. The normalized spacial score (nSPS) is 10.2. The van der Waals surface area contributed by atoms with Crippen LogP contribution in [0.5, 0.6) is 0 Å². The van der Waals surface area contributed by atoms with E-state index in [4.69, 9.17) is 17.3 Å². The van der Waals surface area contributed by atoms with Gasteiger partial charge in [-0.05, 0) is 24.6 Å². The van der Waals surface area contributed by atoms with Crippen LogP contribution in [0, 0.1) is 0 Å². The van der Waals surface area contributed by atoms with E-state index in [9.17, 15) is 9.59 Å². The summed E-state index contributed by atoms with van der Waals surface area (Å²) in [5.41, 5.74) is 6.36. The lowest BCUT2D eigenvalue weighted by Crippen LogP contribution is -2.18. The predicted molar refractivity (Wildman–Crippen MR) is 81.9 cm³/mol. The third-order valence-electron chi connectivity index (χ3n) is 2.66. The fraction of sp³-hybridized carbons (Fsp3) is 0.429. The van der Waals surface area contributed by atoms with Gasteiger partial charge >= 0.3 is 0 Å². The summed E-state index contributed by atoms with van der Waals surface area (Å²) in [6, 6.07) is 4.94. The van der Waals surface area contributed by atoms with Crippen LogP contribution in [0.3, 0.4) is 0 Å². The third-order valence-corrected chi connectivity index (χ3v) is 2.89. The number of nitrogens with two attached hydrogens (primary N) is 1. The minimum atomic E-state index is -0.209. The van der Waals surface area contributed by atoms with Gasteiger partial charge in [0.05, 0.1) is 11.4 Å². The number of nitrogens with one attached hydrogen (secondary N) is 2. The number of halogens is 1. The minimum absolute atomic E-state index is 0.0801. The number of rotatable bonds is 7. The number of carbonyl (C=O) groups is 2. The van der Waals surface area contributed by atoms with Gasteiger partial charge in [0.15, 0.2) is 0 Å². The SMILES string of the molecule is CCCCC(=O)Nc1ccc(Cl)cc1NC(=O)CCN. The van der Waals surface area contributed by atoms with E-state index < -0.39 is 0 Å². The first-order valence-corrected chi connectivity index (χ1v) is 7.04. The molecule has 0 saturated carbocycles. The maximum absolute atomic E-state index is 11.7. The highest BCUT2D eigenvalue weighted by molar-refractivity contribution is 6.31. The molecule has 0 spiro atoms. The quantitative estimate of drug-likeness (QED) is 0.723. The molecule has 4 N–H and O–H groups in total. The molecule has 0 atom stereocenters. The topological polar surface area (TPSA) is 84.2 Å². The lowest BCUT2D eigenvalue weighted by Gasteiger charge is -2.12. The summed E-state index contributed by atoms with van der Waals surface area (Å²) < 4.78 is 0. The van der Waals surface area contributed by atoms with Crippen LogP contribution in [-0.4, -0.2) is 18.4 Å². The average molecular weight is 298 g/mol. The molecule has 0 radical (unpaired) electrons. The molecule has 0 saturated heterocycles. The molecule has 1 aromatic carbocycles. The number of benzene rings is 1. The van der Waals surface area contributed by atoms with E-state index in [0.29, 0.717) is 22.8 Å². The van der Waals surface area contributed by atoms with E-state index in [2.05, 4.69) is 10.6 Å². The number of hydrogen-bond acceptors (Lipinski definition) is 3. The van der Waals surface area contributed by atoms with Gasteiger partial charge in [0, 0.05) is 24.4 Å². The van der Waals surface area contributed by atoms with E-state index in [-0.39, 0.29) is 24.8 Å². The van der Waals surface area contributed by atoms with Gasteiger partial charge in [-0.15, -0.1) is 0 Å². The van der Waals surface area contributed by atoms with E-state index in [0.717, 1.165) is 12.8 Å². The maximum Gasteiger partial charge on any atom is 0.225 e. The zero-order valence-corrected chi connectivity index (χ0v) is 12.3. The summed E-state index contributed by atoms with van der Waals surface area (Å²) in [6.07, 6.45) is 2.45. The standard InChI is InChI=1S/C14H20ClN3O2/c1-2-3-4-13(19)17-11-6-5-10(15)9-12(11)18-14(20)7-8-16/h5-6,9H,2-4,7-8,16H2,1H3,(H,17,19)(H,18,20). The van der Waals surface area contributed by atoms with Crippen LogP contribution in [0.2, 0.25) is 5.02 Å². The van der Waals surface area contributed by atoms with Gasteiger partial charge in [-0.3, -0.25) is 9.59 Å². The van der Waals surface area contributed by atoms with Crippen LogP contribution in [0.25, 0.3) is 0 Å². The van der Waals surface area contributed by atoms with Crippen LogP contribution in [0.4, 0.5) is 11.4 Å². The molecule has 5 nitrogen and oxygen atoms in total. The van der Waals surface area contributed by atoms with Gasteiger partial charge < -0.3 is 16.4 Å². The third kappa shape index (κ3) is 5.59. The Morgan fingerprint density at radius 1 is 1.15 bits per heavy atom. The molecule has 110 valence electrons. The summed E-state index contributed by atoms with van der Waals surface area (Å²) in [5.74, 6) is -0.290. The van der Waals surface area contributed by atoms with Crippen LogP contribution >= 0.6 is 11.6 Å². The smallest absolute Gasteiger partial charge is 0.225 e. The van der Waals surface area contributed by atoms with Gasteiger partial charge in [0.25, 0.3) is 0 Å². The lowest BCUT2D eigenvalue weighted by atomic mass is 10.2. The molecule has 6 heteroatoms. The second kappa shape index (κ2) is 8.55. The van der Waals surface area contributed by atoms with E-state index >= 15 is 0 Å². The molecule has 0 fully saturated rings. The molecular weight excluding hydrogens is 278 g/mol. The van der Waals surface area contributed by atoms with Crippen molar-refractivity contribution < 1.29 is 9.59 Å². The number of carbonyl (C=O) groups excluding carboxylic acids is 2. The molecule has 0 aliphatic carbocycles. The first kappa shape index (κ1) is 16.5. The molecule has 0 aromatic heterocycles. The van der Waals surface area contributed by atoms with Crippen LogP contribution in [-0.2, 0) is 9.59 Å². The summed E-state index contributed by atoms with van der Waals surface area (Å²) in [5, 5.41) is 5.96.